The molecule has 1 aliphatic heterocycles. The number of carbonyl (C=O) groups excluding carboxylic acids is 1. The van der Waals surface area contributed by atoms with E-state index in [1.54, 1.807) is 11.8 Å². The van der Waals surface area contributed by atoms with E-state index in [1.807, 2.05) is 0 Å². The fraction of sp³-hybridized carbons (Fsp3) is 0.462. The standard InChI is InChI=1S/C13H16F2N2O2/c1-9-2-3-10(14)13(12(9)15)16-8-11(18)17-4-6-19-7-5-17/h2-3,16H,4-8H2,1H3. The average molecular weight is 270 g/mol. The lowest BCUT2D eigenvalue weighted by molar-refractivity contribution is -0.133. The van der Waals surface area contributed by atoms with Crippen molar-refractivity contribution in [1.82, 2.24) is 4.90 Å². The number of amides is 1. The van der Waals surface area contributed by atoms with E-state index in [9.17, 15) is 13.6 Å². The Kier molecular flexibility index (Phi) is 4.31. The van der Waals surface area contributed by atoms with Crippen molar-refractivity contribution in [1.29, 1.82) is 0 Å². The first-order chi connectivity index (χ1) is 9.09. The van der Waals surface area contributed by atoms with Gasteiger partial charge in [-0.2, -0.15) is 0 Å². The lowest BCUT2D eigenvalue weighted by Crippen LogP contribution is -2.43. The van der Waals surface area contributed by atoms with Crippen molar-refractivity contribution in [3.63, 3.8) is 0 Å². The number of carbonyl (C=O) groups is 1. The molecule has 1 aliphatic rings. The molecule has 6 heteroatoms. The number of morpholine rings is 1. The zero-order valence-corrected chi connectivity index (χ0v) is 10.7. The average Bonchev–Trinajstić information content (AvgIpc) is 2.44. The Bertz CT molecular complexity index is 474. The van der Waals surface area contributed by atoms with E-state index in [1.165, 1.54) is 12.1 Å². The predicted octanol–water partition coefficient (Wildman–Crippen LogP) is 1.54. The minimum absolute atomic E-state index is 0.128. The number of hydrogen-bond acceptors (Lipinski definition) is 3. The summed E-state index contributed by atoms with van der Waals surface area (Å²) in [5.41, 5.74) is 0.0873. The molecular weight excluding hydrogens is 254 g/mol. The van der Waals surface area contributed by atoms with E-state index >= 15 is 0 Å². The van der Waals surface area contributed by atoms with Gasteiger partial charge in [-0.1, -0.05) is 6.07 Å². The minimum Gasteiger partial charge on any atom is -0.378 e. The first-order valence-electron chi connectivity index (χ1n) is 6.13. The number of anilines is 1. The van der Waals surface area contributed by atoms with Gasteiger partial charge in [-0.05, 0) is 18.6 Å². The van der Waals surface area contributed by atoms with Crippen LogP contribution in [0.3, 0.4) is 0 Å². The van der Waals surface area contributed by atoms with E-state index < -0.39 is 11.6 Å². The molecule has 1 fully saturated rings. The minimum atomic E-state index is -0.696. The van der Waals surface area contributed by atoms with E-state index in [0.29, 0.717) is 31.9 Å². The topological polar surface area (TPSA) is 41.6 Å². The second-order valence-electron chi connectivity index (χ2n) is 4.40. The van der Waals surface area contributed by atoms with Crippen molar-refractivity contribution >= 4 is 11.6 Å². The molecule has 1 saturated heterocycles. The molecule has 104 valence electrons. The Morgan fingerprint density at radius 2 is 2.05 bits per heavy atom. The number of rotatable bonds is 3. The summed E-state index contributed by atoms with van der Waals surface area (Å²) in [5.74, 6) is -1.55. The molecule has 0 bridgehead atoms. The molecular formula is C13H16F2N2O2. The van der Waals surface area contributed by atoms with Crippen LogP contribution in [0.1, 0.15) is 5.56 Å². The number of nitrogens with zero attached hydrogens (tertiary/aromatic N) is 1. The van der Waals surface area contributed by atoms with Crippen LogP contribution in [0.4, 0.5) is 14.5 Å². The van der Waals surface area contributed by atoms with Crippen molar-refractivity contribution in [2.24, 2.45) is 0 Å². The normalized spacial score (nSPS) is 15.4. The smallest absolute Gasteiger partial charge is 0.242 e. The largest absolute Gasteiger partial charge is 0.378 e. The number of aryl methyl sites for hydroxylation is 1. The molecule has 0 spiro atoms. The van der Waals surface area contributed by atoms with Crippen LogP contribution in [0, 0.1) is 18.6 Å². The van der Waals surface area contributed by atoms with Crippen LogP contribution in [-0.4, -0.2) is 43.7 Å². The van der Waals surface area contributed by atoms with E-state index in [-0.39, 0.29) is 18.1 Å². The molecule has 0 aromatic heterocycles. The third-order valence-corrected chi connectivity index (χ3v) is 3.06. The molecule has 1 amide bonds. The number of ether oxygens (including phenoxy) is 1. The van der Waals surface area contributed by atoms with E-state index in [2.05, 4.69) is 5.32 Å². The van der Waals surface area contributed by atoms with Gasteiger partial charge in [0.25, 0.3) is 0 Å². The van der Waals surface area contributed by atoms with Crippen LogP contribution in [0.15, 0.2) is 12.1 Å². The van der Waals surface area contributed by atoms with Gasteiger partial charge < -0.3 is 15.0 Å². The number of benzene rings is 1. The van der Waals surface area contributed by atoms with Gasteiger partial charge in [-0.3, -0.25) is 4.79 Å². The molecule has 1 aromatic carbocycles. The fourth-order valence-corrected chi connectivity index (χ4v) is 1.91. The molecule has 2 rings (SSSR count). The third-order valence-electron chi connectivity index (χ3n) is 3.06. The van der Waals surface area contributed by atoms with Gasteiger partial charge in [-0.25, -0.2) is 8.78 Å². The highest BCUT2D eigenvalue weighted by Gasteiger charge is 2.18. The van der Waals surface area contributed by atoms with Gasteiger partial charge in [-0.15, -0.1) is 0 Å². The molecule has 0 saturated carbocycles. The maximum Gasteiger partial charge on any atom is 0.242 e. The maximum atomic E-state index is 13.7. The summed E-state index contributed by atoms with van der Waals surface area (Å²) in [6, 6.07) is 2.54. The second kappa shape index (κ2) is 5.97. The Morgan fingerprint density at radius 1 is 1.37 bits per heavy atom. The maximum absolute atomic E-state index is 13.7. The molecule has 4 nitrogen and oxygen atoms in total. The monoisotopic (exact) mass is 270 g/mol. The highest BCUT2D eigenvalue weighted by atomic mass is 19.1. The SMILES string of the molecule is Cc1ccc(F)c(NCC(=O)N2CCOCC2)c1F. The predicted molar refractivity (Wildman–Crippen MR) is 67.0 cm³/mol. The number of nitrogens with one attached hydrogen (secondary N) is 1. The number of hydrogen-bond donors (Lipinski definition) is 1. The van der Waals surface area contributed by atoms with Gasteiger partial charge in [0.05, 0.1) is 19.8 Å². The summed E-state index contributed by atoms with van der Waals surface area (Å²) in [4.78, 5) is 13.5. The molecule has 1 aromatic rings. The summed E-state index contributed by atoms with van der Waals surface area (Å²) < 4.78 is 32.3. The Labute approximate surface area is 110 Å². The lowest BCUT2D eigenvalue weighted by Gasteiger charge is -2.27. The summed E-state index contributed by atoms with van der Waals surface area (Å²) in [6.07, 6.45) is 0. The van der Waals surface area contributed by atoms with Gasteiger partial charge in [0.15, 0.2) is 5.82 Å². The summed E-state index contributed by atoms with van der Waals surface area (Å²) in [5, 5.41) is 2.54. The molecule has 0 unspecified atom stereocenters. The molecule has 0 atom stereocenters. The van der Waals surface area contributed by atoms with Crippen LogP contribution < -0.4 is 5.32 Å². The van der Waals surface area contributed by atoms with Crippen molar-refractivity contribution in [3.8, 4) is 0 Å². The lowest BCUT2D eigenvalue weighted by atomic mass is 10.2. The first kappa shape index (κ1) is 13.7. The number of halogens is 2. The summed E-state index contributed by atoms with van der Waals surface area (Å²) in [6.45, 7) is 3.44. The van der Waals surface area contributed by atoms with Crippen LogP contribution in [0.2, 0.25) is 0 Å². The van der Waals surface area contributed by atoms with Crippen LogP contribution in [-0.2, 0) is 9.53 Å². The zero-order chi connectivity index (χ0) is 13.8. The molecule has 1 N–H and O–H groups in total. The van der Waals surface area contributed by atoms with Crippen molar-refractivity contribution in [3.05, 3.63) is 29.3 Å². The van der Waals surface area contributed by atoms with Gasteiger partial charge in [0.1, 0.15) is 11.5 Å². The van der Waals surface area contributed by atoms with E-state index in [0.717, 1.165) is 0 Å². The van der Waals surface area contributed by atoms with Gasteiger partial charge in [0.2, 0.25) is 5.91 Å². The Balaban J connectivity index is 1.98. The van der Waals surface area contributed by atoms with Crippen molar-refractivity contribution in [2.45, 2.75) is 6.92 Å². The van der Waals surface area contributed by atoms with Gasteiger partial charge >= 0.3 is 0 Å². The molecule has 0 aliphatic carbocycles. The molecule has 0 radical (unpaired) electrons. The third kappa shape index (κ3) is 3.20. The van der Waals surface area contributed by atoms with Gasteiger partial charge in [0, 0.05) is 13.1 Å². The highest BCUT2D eigenvalue weighted by molar-refractivity contribution is 5.81. The van der Waals surface area contributed by atoms with Crippen LogP contribution in [0.25, 0.3) is 0 Å². The quantitative estimate of drug-likeness (QED) is 0.906. The van der Waals surface area contributed by atoms with Crippen molar-refractivity contribution in [2.75, 3.05) is 38.2 Å². The van der Waals surface area contributed by atoms with Crippen molar-refractivity contribution < 1.29 is 18.3 Å². The fourth-order valence-electron chi connectivity index (χ4n) is 1.91. The summed E-state index contributed by atoms with van der Waals surface area (Å²) in [7, 11) is 0. The zero-order valence-electron chi connectivity index (χ0n) is 10.7. The van der Waals surface area contributed by atoms with E-state index in [4.69, 9.17) is 4.74 Å². The first-order valence-corrected chi connectivity index (χ1v) is 6.13. The molecule has 19 heavy (non-hydrogen) atoms. The van der Waals surface area contributed by atoms with Crippen LogP contribution >= 0.6 is 0 Å². The second-order valence-corrected chi connectivity index (χ2v) is 4.40. The molecule has 1 heterocycles. The Hall–Kier alpha value is -1.69. The summed E-state index contributed by atoms with van der Waals surface area (Å²) >= 11 is 0. The van der Waals surface area contributed by atoms with Crippen LogP contribution in [0.5, 0.6) is 0 Å². The highest BCUT2D eigenvalue weighted by Crippen LogP contribution is 2.21. The Morgan fingerprint density at radius 3 is 2.74 bits per heavy atom.